The lowest BCUT2D eigenvalue weighted by Crippen LogP contribution is -2.23. The first kappa shape index (κ1) is 0.838. The highest BCUT2D eigenvalue weighted by Crippen LogP contribution is 1.79. The second-order valence-corrected chi connectivity index (χ2v) is 1.11. The number of nitrogens with zero attached hydrogens (tertiary/aromatic N) is 2. The molecule has 0 fully saturated rings. The molecule has 0 bridgehead atoms. The topological polar surface area (TPSA) is 8.81 Å². The van der Waals surface area contributed by atoms with Crippen molar-refractivity contribution in [2.75, 3.05) is 0 Å². The maximum Gasteiger partial charge on any atom is 0.243 e. The van der Waals surface area contributed by atoms with Gasteiger partial charge in [0.2, 0.25) is 6.30 Å². The Morgan fingerprint density at radius 1 is 2.12 bits per heavy atom. The standard InChI is InChI=1S/C6H11N2/c1-3-8-5-4-7(2)6-8/h4-6H,3H2,1-2H3/q+1/i1D3,2D3,3D2,4D,5D,6D. The molecule has 0 aliphatic carbocycles. The van der Waals surface area contributed by atoms with Crippen molar-refractivity contribution in [3.05, 3.63) is 18.6 Å². The van der Waals surface area contributed by atoms with Gasteiger partial charge >= 0.3 is 0 Å². The van der Waals surface area contributed by atoms with Crippen LogP contribution >= 0.6 is 0 Å². The van der Waals surface area contributed by atoms with Gasteiger partial charge in [0.15, 0.2) is 1.37 Å². The summed E-state index contributed by atoms with van der Waals surface area (Å²) in [6.45, 7) is -9.34. The summed E-state index contributed by atoms with van der Waals surface area (Å²) in [5, 5.41) is 0. The minimum absolute atomic E-state index is 0.0781. The molecule has 8 heavy (non-hydrogen) atoms. The molecular formula is C6H11N2+. The molecule has 0 aromatic carbocycles. The molecule has 0 saturated carbocycles. The summed E-state index contributed by atoms with van der Waals surface area (Å²) in [7, 11) is 0. The van der Waals surface area contributed by atoms with Gasteiger partial charge in [-0.2, -0.15) is 0 Å². The van der Waals surface area contributed by atoms with E-state index in [1.54, 1.807) is 0 Å². The Kier molecular flexibility index (Phi) is 0.208. The van der Waals surface area contributed by atoms with E-state index in [0.29, 0.717) is 0 Å². The van der Waals surface area contributed by atoms with Crippen LogP contribution in [-0.2, 0) is 13.5 Å². The highest BCUT2D eigenvalue weighted by atomic mass is 15.1. The van der Waals surface area contributed by atoms with Crippen molar-refractivity contribution in [3.63, 3.8) is 0 Å². The van der Waals surface area contributed by atoms with Gasteiger partial charge in [-0.25, -0.2) is 9.13 Å². The summed E-state index contributed by atoms with van der Waals surface area (Å²) in [5.41, 5.74) is 0. The Labute approximate surface area is 64.8 Å². The summed E-state index contributed by atoms with van der Waals surface area (Å²) in [4.78, 5) is 0. The van der Waals surface area contributed by atoms with Crippen LogP contribution < -0.4 is 4.57 Å². The first-order chi connectivity index (χ1) is 8.23. The molecule has 0 amide bonds. The van der Waals surface area contributed by atoms with Crippen molar-refractivity contribution in [2.24, 2.45) is 6.98 Å². The van der Waals surface area contributed by atoms with E-state index in [0.717, 1.165) is 0 Å². The minimum Gasteiger partial charge on any atom is -0.240 e. The van der Waals surface area contributed by atoms with E-state index in [9.17, 15) is 0 Å². The van der Waals surface area contributed by atoms with Crippen LogP contribution in [0, 0.1) is 0 Å². The van der Waals surface area contributed by atoms with Crippen molar-refractivity contribution in [2.45, 2.75) is 13.3 Å². The Morgan fingerprint density at radius 2 is 3.12 bits per heavy atom. The average molecular weight is 122 g/mol. The predicted molar refractivity (Wildman–Crippen MR) is 31.3 cm³/mol. The smallest absolute Gasteiger partial charge is 0.240 e. The SMILES string of the molecule is [2H]c1c([2H])[n+](C([2H])([2H])[2H])c([2H])n1C([2H])([2H])C([2H])([2H])[2H]. The van der Waals surface area contributed by atoms with E-state index < -0.39 is 39.0 Å². The third-order valence-corrected chi connectivity index (χ3v) is 0.585. The highest BCUT2D eigenvalue weighted by molar-refractivity contribution is 4.63. The minimum atomic E-state index is -3.21. The zero-order valence-electron chi connectivity index (χ0n) is 14.9. The van der Waals surface area contributed by atoms with Gasteiger partial charge in [0.1, 0.15) is 15.1 Å². The van der Waals surface area contributed by atoms with Crippen LogP contribution in [-0.4, -0.2) is 4.57 Å². The third kappa shape index (κ3) is 0.886. The predicted octanol–water partition coefficient (Wildman–Crippen LogP) is 0.333. The van der Waals surface area contributed by atoms with E-state index in [1.807, 2.05) is 0 Å². The van der Waals surface area contributed by atoms with Crippen LogP contribution in [0.4, 0.5) is 0 Å². The van der Waals surface area contributed by atoms with Gasteiger partial charge in [0.05, 0.1) is 20.3 Å². The molecule has 0 aliphatic heterocycles. The molecule has 0 radical (unpaired) electrons. The van der Waals surface area contributed by atoms with E-state index >= 15 is 0 Å². The van der Waals surface area contributed by atoms with Gasteiger partial charge in [-0.15, -0.1) is 0 Å². The monoisotopic (exact) mass is 122 g/mol. The Balaban J connectivity index is 3.66. The number of aromatic nitrogens is 2. The molecular weight excluding hydrogens is 100 g/mol. The molecule has 0 saturated heterocycles. The van der Waals surface area contributed by atoms with Gasteiger partial charge in [0.25, 0.3) is 0 Å². The molecule has 0 atom stereocenters. The van der Waals surface area contributed by atoms with Crippen LogP contribution in [0.25, 0.3) is 0 Å². The second-order valence-electron chi connectivity index (χ2n) is 1.11. The molecule has 44 valence electrons. The molecule has 2 heteroatoms. The molecule has 1 rings (SSSR count). The quantitative estimate of drug-likeness (QED) is 0.475. The molecule has 1 heterocycles. The lowest BCUT2D eigenvalue weighted by atomic mass is 10.7. The first-order valence-corrected chi connectivity index (χ1v) is 1.84. The summed E-state index contributed by atoms with van der Waals surface area (Å²) in [6.07, 6.45) is -3.00. The van der Waals surface area contributed by atoms with E-state index in [1.165, 1.54) is 0 Å². The van der Waals surface area contributed by atoms with Gasteiger partial charge in [-0.1, -0.05) is 0 Å². The van der Waals surface area contributed by atoms with E-state index in [2.05, 4.69) is 0 Å². The largest absolute Gasteiger partial charge is 0.243 e. The van der Waals surface area contributed by atoms with E-state index in [-0.39, 0.29) is 9.13 Å². The van der Waals surface area contributed by atoms with Crippen LogP contribution in [0.2, 0.25) is 0 Å². The summed E-state index contributed by atoms with van der Waals surface area (Å²) >= 11 is 0. The first-order valence-electron chi connectivity index (χ1n) is 7.34. The fraction of sp³-hybridized carbons (Fsp3) is 0.500. The molecule has 0 N–H and O–H groups in total. The van der Waals surface area contributed by atoms with Crippen LogP contribution in [0.3, 0.4) is 0 Å². The summed E-state index contributed by atoms with van der Waals surface area (Å²) < 4.78 is 80.1. The van der Waals surface area contributed by atoms with Gasteiger partial charge < -0.3 is 0 Å². The van der Waals surface area contributed by atoms with Crippen LogP contribution in [0.1, 0.15) is 21.9 Å². The molecule has 0 unspecified atom stereocenters. The second kappa shape index (κ2) is 1.99. The molecule has 1 aromatic heterocycles. The van der Waals surface area contributed by atoms with E-state index in [4.69, 9.17) is 15.1 Å². The lowest BCUT2D eigenvalue weighted by Gasteiger charge is -1.81. The van der Waals surface area contributed by atoms with Crippen molar-refractivity contribution < 1.29 is 19.6 Å². The average Bonchev–Trinajstić information content (AvgIpc) is 2.34. The summed E-state index contributed by atoms with van der Waals surface area (Å²) in [6, 6.07) is 0. The maximum absolute atomic E-state index is 7.54. The summed E-state index contributed by atoms with van der Waals surface area (Å²) in [5.74, 6) is 0. The zero-order valence-corrected chi connectivity index (χ0v) is 3.89. The maximum atomic E-state index is 7.54. The van der Waals surface area contributed by atoms with Crippen LogP contribution in [0.15, 0.2) is 18.6 Å². The highest BCUT2D eigenvalue weighted by Gasteiger charge is 1.92. The van der Waals surface area contributed by atoms with Crippen molar-refractivity contribution >= 4 is 0 Å². The van der Waals surface area contributed by atoms with Crippen molar-refractivity contribution in [1.29, 1.82) is 0 Å². The lowest BCUT2D eigenvalue weighted by molar-refractivity contribution is -0.671. The Bertz CT molecular complexity index is 493. The third-order valence-electron chi connectivity index (χ3n) is 0.585. The molecule has 1 aromatic rings. The number of imidazole rings is 1. The fourth-order valence-electron chi connectivity index (χ4n) is 0.303. The van der Waals surface area contributed by atoms with Crippen molar-refractivity contribution in [3.8, 4) is 0 Å². The zero-order chi connectivity index (χ0) is 15.4. The molecule has 0 aliphatic rings. The number of rotatable bonds is 1. The number of hydrogen-bond acceptors (Lipinski definition) is 0. The van der Waals surface area contributed by atoms with Gasteiger partial charge in [-0.05, 0) is 6.85 Å². The Morgan fingerprint density at radius 3 is 3.75 bits per heavy atom. The normalized spacial score (nSPS) is 34.8. The van der Waals surface area contributed by atoms with Gasteiger partial charge in [0, 0.05) is 4.11 Å². The van der Waals surface area contributed by atoms with Crippen LogP contribution in [0.5, 0.6) is 0 Å². The number of hydrogen-bond donors (Lipinski definition) is 0. The van der Waals surface area contributed by atoms with Crippen molar-refractivity contribution in [1.82, 2.24) is 4.57 Å². The molecule has 0 spiro atoms. The fourth-order valence-corrected chi connectivity index (χ4v) is 0.303. The Hall–Kier alpha value is -0.790. The molecule has 2 nitrogen and oxygen atoms in total. The van der Waals surface area contributed by atoms with Gasteiger partial charge in [-0.3, -0.25) is 0 Å².